The molecule has 0 amide bonds. The zero-order valence-corrected chi connectivity index (χ0v) is 12.5. The molecule has 1 saturated carbocycles. The van der Waals surface area contributed by atoms with Crippen LogP contribution in [0.25, 0.3) is 0 Å². The van der Waals surface area contributed by atoms with E-state index in [0.717, 1.165) is 19.5 Å². The van der Waals surface area contributed by atoms with E-state index in [2.05, 4.69) is 10.2 Å². The number of halogens is 3. The first-order chi connectivity index (χ1) is 9.95. The van der Waals surface area contributed by atoms with E-state index < -0.39 is 18.2 Å². The number of nitrogens with zero attached hydrogens (tertiary/aromatic N) is 1. The second-order valence-corrected chi connectivity index (χ2v) is 6.53. The number of piperidine rings is 1. The predicted octanol–water partition coefficient (Wildman–Crippen LogP) is 2.54. The second kappa shape index (κ2) is 7.79. The minimum atomic E-state index is -4.08. The molecule has 2 N–H and O–H groups in total. The van der Waals surface area contributed by atoms with Crippen LogP contribution in [0.4, 0.5) is 13.2 Å². The van der Waals surface area contributed by atoms with Gasteiger partial charge in [0.15, 0.2) is 0 Å². The number of likely N-dealkylation sites (tertiary alicyclic amines) is 1. The fourth-order valence-electron chi connectivity index (χ4n) is 3.48. The van der Waals surface area contributed by atoms with E-state index in [1.54, 1.807) is 0 Å². The molecule has 0 spiro atoms. The van der Waals surface area contributed by atoms with Gasteiger partial charge in [-0.2, -0.15) is 13.2 Å². The molecule has 2 rings (SSSR count). The summed E-state index contributed by atoms with van der Waals surface area (Å²) in [6.45, 7) is 3.07. The first-order valence-corrected chi connectivity index (χ1v) is 8.15. The maximum absolute atomic E-state index is 12.7. The number of aliphatic hydroxyl groups excluding tert-OH is 1. The van der Waals surface area contributed by atoms with Crippen LogP contribution >= 0.6 is 0 Å². The van der Waals surface area contributed by atoms with Gasteiger partial charge >= 0.3 is 6.18 Å². The smallest absolute Gasteiger partial charge is 0.390 e. The highest BCUT2D eigenvalue weighted by Gasteiger charge is 2.42. The largest absolute Gasteiger partial charge is 0.391 e. The summed E-state index contributed by atoms with van der Waals surface area (Å²) in [6.07, 6.45) is 0.838. The Hall–Kier alpha value is -0.330. The lowest BCUT2D eigenvalue weighted by molar-refractivity contribution is -0.183. The summed E-state index contributed by atoms with van der Waals surface area (Å²) in [5.41, 5.74) is 0. The van der Waals surface area contributed by atoms with Crippen molar-refractivity contribution in [1.82, 2.24) is 10.2 Å². The summed E-state index contributed by atoms with van der Waals surface area (Å²) in [5.74, 6) is -1.18. The van der Waals surface area contributed by atoms with Gasteiger partial charge in [0, 0.05) is 19.1 Å². The fraction of sp³-hybridized carbons (Fsp3) is 1.00. The van der Waals surface area contributed by atoms with Gasteiger partial charge in [-0.15, -0.1) is 0 Å². The Morgan fingerprint density at radius 2 is 1.81 bits per heavy atom. The summed E-state index contributed by atoms with van der Waals surface area (Å²) in [4.78, 5) is 2.25. The van der Waals surface area contributed by atoms with E-state index in [-0.39, 0.29) is 18.9 Å². The highest BCUT2D eigenvalue weighted by atomic mass is 19.4. The molecule has 124 valence electrons. The fourth-order valence-corrected chi connectivity index (χ4v) is 3.48. The molecule has 2 fully saturated rings. The summed E-state index contributed by atoms with van der Waals surface area (Å²) in [5, 5.41) is 13.2. The molecular formula is C15H27F3N2O. The molecule has 1 aliphatic carbocycles. The molecule has 3 atom stereocenters. The number of alkyl halides is 3. The molecule has 1 saturated heterocycles. The van der Waals surface area contributed by atoms with Gasteiger partial charge in [0.1, 0.15) is 0 Å². The van der Waals surface area contributed by atoms with Crippen LogP contribution in [-0.2, 0) is 0 Å². The van der Waals surface area contributed by atoms with Gasteiger partial charge in [-0.1, -0.05) is 12.8 Å². The lowest BCUT2D eigenvalue weighted by atomic mass is 9.85. The van der Waals surface area contributed by atoms with Gasteiger partial charge in [-0.3, -0.25) is 0 Å². The predicted molar refractivity (Wildman–Crippen MR) is 76.1 cm³/mol. The van der Waals surface area contributed by atoms with Gasteiger partial charge in [-0.25, -0.2) is 0 Å². The molecule has 2 aliphatic rings. The molecule has 0 aromatic rings. The Morgan fingerprint density at radius 1 is 1.10 bits per heavy atom. The monoisotopic (exact) mass is 308 g/mol. The molecule has 1 heterocycles. The van der Waals surface area contributed by atoms with Crippen molar-refractivity contribution in [3.63, 3.8) is 0 Å². The Morgan fingerprint density at radius 3 is 2.48 bits per heavy atom. The normalized spacial score (nSPS) is 30.3. The van der Waals surface area contributed by atoms with E-state index >= 15 is 0 Å². The lowest BCUT2D eigenvalue weighted by Crippen LogP contribution is -2.45. The third-order valence-electron chi connectivity index (χ3n) is 4.70. The molecule has 1 aliphatic heterocycles. The first kappa shape index (κ1) is 17.0. The molecule has 3 unspecified atom stereocenters. The van der Waals surface area contributed by atoms with Gasteiger partial charge < -0.3 is 15.3 Å². The number of rotatable bonds is 5. The van der Waals surface area contributed by atoms with Crippen molar-refractivity contribution in [1.29, 1.82) is 0 Å². The number of hydrogen-bond acceptors (Lipinski definition) is 3. The first-order valence-electron chi connectivity index (χ1n) is 8.15. The SMILES string of the molecule is OC(CNC1CCCC(C(F)(F)F)C1)CN1CCCCC1. The van der Waals surface area contributed by atoms with E-state index in [9.17, 15) is 18.3 Å². The van der Waals surface area contributed by atoms with E-state index in [0.29, 0.717) is 19.5 Å². The third-order valence-corrected chi connectivity index (χ3v) is 4.70. The molecule has 0 radical (unpaired) electrons. The molecule has 21 heavy (non-hydrogen) atoms. The van der Waals surface area contributed by atoms with Crippen LogP contribution in [-0.4, -0.2) is 54.5 Å². The third kappa shape index (κ3) is 5.75. The summed E-state index contributed by atoms with van der Waals surface area (Å²) < 4.78 is 38.2. The van der Waals surface area contributed by atoms with Crippen molar-refractivity contribution in [3.8, 4) is 0 Å². The minimum Gasteiger partial charge on any atom is -0.390 e. The van der Waals surface area contributed by atoms with E-state index in [1.165, 1.54) is 19.3 Å². The summed E-state index contributed by atoms with van der Waals surface area (Å²) in [7, 11) is 0. The molecule has 0 aromatic carbocycles. The van der Waals surface area contributed by atoms with E-state index in [4.69, 9.17) is 0 Å². The van der Waals surface area contributed by atoms with Crippen LogP contribution < -0.4 is 5.32 Å². The maximum Gasteiger partial charge on any atom is 0.391 e. The Bertz CT molecular complexity index is 306. The zero-order valence-electron chi connectivity index (χ0n) is 12.5. The van der Waals surface area contributed by atoms with Crippen LogP contribution in [0.1, 0.15) is 44.9 Å². The Kier molecular flexibility index (Phi) is 6.32. The van der Waals surface area contributed by atoms with E-state index in [1.807, 2.05) is 0 Å². The summed E-state index contributed by atoms with van der Waals surface area (Å²) >= 11 is 0. The number of aliphatic hydroxyl groups is 1. The van der Waals surface area contributed by atoms with Crippen molar-refractivity contribution in [2.24, 2.45) is 5.92 Å². The maximum atomic E-state index is 12.7. The van der Waals surface area contributed by atoms with Crippen LogP contribution in [0, 0.1) is 5.92 Å². The average Bonchev–Trinajstić information content (AvgIpc) is 2.46. The van der Waals surface area contributed by atoms with Crippen molar-refractivity contribution in [2.75, 3.05) is 26.2 Å². The summed E-state index contributed by atoms with van der Waals surface area (Å²) in [6, 6.07) is -0.110. The molecule has 0 aromatic heterocycles. The molecule has 0 bridgehead atoms. The van der Waals surface area contributed by atoms with Crippen LogP contribution in [0.2, 0.25) is 0 Å². The average molecular weight is 308 g/mol. The molecule has 6 heteroatoms. The quantitative estimate of drug-likeness (QED) is 0.819. The Labute approximate surface area is 124 Å². The second-order valence-electron chi connectivity index (χ2n) is 6.53. The molecule has 3 nitrogen and oxygen atoms in total. The van der Waals surface area contributed by atoms with Crippen LogP contribution in [0.15, 0.2) is 0 Å². The topological polar surface area (TPSA) is 35.5 Å². The van der Waals surface area contributed by atoms with Crippen LogP contribution in [0.3, 0.4) is 0 Å². The standard InChI is InChI=1S/C15H27F3N2O/c16-15(17,18)12-5-4-6-13(9-12)19-10-14(21)11-20-7-2-1-3-8-20/h12-14,19,21H,1-11H2. The highest BCUT2D eigenvalue weighted by Crippen LogP contribution is 2.37. The zero-order chi connectivity index (χ0) is 15.3. The number of β-amino-alcohol motifs (C(OH)–C–C–N with tert-alkyl or cyclic N) is 1. The number of hydrogen-bond donors (Lipinski definition) is 2. The molecular weight excluding hydrogens is 281 g/mol. The highest BCUT2D eigenvalue weighted by molar-refractivity contribution is 4.82. The van der Waals surface area contributed by atoms with Crippen molar-refractivity contribution >= 4 is 0 Å². The number of nitrogens with one attached hydrogen (secondary N) is 1. The van der Waals surface area contributed by atoms with Gasteiger partial charge in [-0.05, 0) is 45.2 Å². The van der Waals surface area contributed by atoms with Crippen LogP contribution in [0.5, 0.6) is 0 Å². The Balaban J connectivity index is 1.67. The lowest BCUT2D eigenvalue weighted by Gasteiger charge is -2.33. The minimum absolute atomic E-state index is 0.110. The van der Waals surface area contributed by atoms with Gasteiger partial charge in [0.2, 0.25) is 0 Å². The van der Waals surface area contributed by atoms with Crippen molar-refractivity contribution in [2.45, 2.75) is 63.3 Å². The van der Waals surface area contributed by atoms with Gasteiger partial charge in [0.25, 0.3) is 0 Å². The van der Waals surface area contributed by atoms with Gasteiger partial charge in [0.05, 0.1) is 12.0 Å². The van der Waals surface area contributed by atoms with Crippen molar-refractivity contribution < 1.29 is 18.3 Å². The van der Waals surface area contributed by atoms with Crippen molar-refractivity contribution in [3.05, 3.63) is 0 Å².